The number of thiazole rings is 1. The van der Waals surface area contributed by atoms with Gasteiger partial charge in [0, 0.05) is 16.5 Å². The van der Waals surface area contributed by atoms with Gasteiger partial charge in [-0.25, -0.2) is 4.98 Å². The van der Waals surface area contributed by atoms with Gasteiger partial charge in [-0.15, -0.1) is 12.6 Å². The highest BCUT2D eigenvalue weighted by atomic mass is 32.1. The molecule has 0 radical (unpaired) electrons. The zero-order valence-corrected chi connectivity index (χ0v) is 8.39. The van der Waals surface area contributed by atoms with Gasteiger partial charge in [0.1, 0.15) is 5.75 Å². The van der Waals surface area contributed by atoms with Crippen LogP contribution in [0.1, 0.15) is 0 Å². The lowest BCUT2D eigenvalue weighted by molar-refractivity contribution is 0.478. The summed E-state index contributed by atoms with van der Waals surface area (Å²) in [6, 6.07) is 7.49. The Hall–Kier alpha value is -1.00. The van der Waals surface area contributed by atoms with Crippen LogP contribution in [0.15, 0.2) is 40.7 Å². The Labute approximate surface area is 85.6 Å². The molecule has 0 saturated carbocycles. The fraction of sp³-hybridized carbons (Fsp3) is 0. The monoisotopic (exact) mass is 209 g/mol. The van der Waals surface area contributed by atoms with Gasteiger partial charge in [0.15, 0.2) is 0 Å². The minimum absolute atomic E-state index is 0.659. The molecule has 0 fully saturated rings. The normalized spacial score (nSPS) is 9.92. The van der Waals surface area contributed by atoms with Crippen molar-refractivity contribution in [2.24, 2.45) is 0 Å². The van der Waals surface area contributed by atoms with Crippen molar-refractivity contribution in [2.75, 3.05) is 0 Å². The molecule has 2 aromatic rings. The van der Waals surface area contributed by atoms with Gasteiger partial charge in [0.05, 0.1) is 0 Å². The largest absolute Gasteiger partial charge is 0.431 e. The standard InChI is InChI=1S/C9H7NOS2/c12-8-3-1-7(2-4-8)11-9-10-5-6-13-9/h1-6,12H. The van der Waals surface area contributed by atoms with E-state index in [9.17, 15) is 0 Å². The first kappa shape index (κ1) is 8.59. The summed E-state index contributed by atoms with van der Waals surface area (Å²) in [5.41, 5.74) is 0. The Morgan fingerprint density at radius 2 is 2.00 bits per heavy atom. The number of rotatable bonds is 2. The molecular weight excluding hydrogens is 202 g/mol. The first-order chi connectivity index (χ1) is 6.34. The summed E-state index contributed by atoms with van der Waals surface area (Å²) in [5.74, 6) is 0.785. The summed E-state index contributed by atoms with van der Waals surface area (Å²) >= 11 is 5.65. The van der Waals surface area contributed by atoms with Crippen LogP contribution in [-0.4, -0.2) is 4.98 Å². The predicted octanol–water partition coefficient (Wildman–Crippen LogP) is 3.22. The molecule has 66 valence electrons. The SMILES string of the molecule is Sc1ccc(Oc2nccs2)cc1. The summed E-state index contributed by atoms with van der Waals surface area (Å²) in [6.45, 7) is 0. The van der Waals surface area contributed by atoms with Gasteiger partial charge in [-0.3, -0.25) is 0 Å². The molecule has 0 aliphatic carbocycles. The highest BCUT2D eigenvalue weighted by Crippen LogP contribution is 2.23. The van der Waals surface area contributed by atoms with Crippen LogP contribution in [0.4, 0.5) is 0 Å². The highest BCUT2D eigenvalue weighted by molar-refractivity contribution is 7.80. The van der Waals surface area contributed by atoms with E-state index in [1.807, 2.05) is 29.6 Å². The van der Waals surface area contributed by atoms with Gasteiger partial charge in [0.2, 0.25) is 0 Å². The number of hydrogen-bond acceptors (Lipinski definition) is 4. The smallest absolute Gasteiger partial charge is 0.278 e. The quantitative estimate of drug-likeness (QED) is 0.767. The van der Waals surface area contributed by atoms with E-state index in [2.05, 4.69) is 17.6 Å². The first-order valence-corrected chi connectivity index (χ1v) is 5.04. The number of thiol groups is 1. The molecule has 0 N–H and O–H groups in total. The van der Waals surface area contributed by atoms with E-state index < -0.39 is 0 Å². The van der Waals surface area contributed by atoms with Crippen molar-refractivity contribution in [3.8, 4) is 10.9 Å². The molecule has 0 bridgehead atoms. The van der Waals surface area contributed by atoms with Crippen molar-refractivity contribution in [1.82, 2.24) is 4.98 Å². The summed E-state index contributed by atoms with van der Waals surface area (Å²) in [4.78, 5) is 4.93. The van der Waals surface area contributed by atoms with Crippen molar-refractivity contribution in [1.29, 1.82) is 0 Å². The fourth-order valence-corrected chi connectivity index (χ4v) is 1.53. The Morgan fingerprint density at radius 1 is 1.23 bits per heavy atom. The molecule has 1 aromatic carbocycles. The molecule has 2 rings (SSSR count). The van der Waals surface area contributed by atoms with Crippen LogP contribution in [0.5, 0.6) is 10.9 Å². The first-order valence-electron chi connectivity index (χ1n) is 3.71. The van der Waals surface area contributed by atoms with E-state index in [1.165, 1.54) is 11.3 Å². The van der Waals surface area contributed by atoms with E-state index in [0.29, 0.717) is 5.19 Å². The summed E-state index contributed by atoms with van der Waals surface area (Å²) < 4.78 is 5.45. The zero-order chi connectivity index (χ0) is 9.10. The van der Waals surface area contributed by atoms with Gasteiger partial charge >= 0.3 is 0 Å². The lowest BCUT2D eigenvalue weighted by Gasteiger charge is -2.00. The van der Waals surface area contributed by atoms with Crippen LogP contribution in [0.3, 0.4) is 0 Å². The van der Waals surface area contributed by atoms with E-state index in [1.54, 1.807) is 6.20 Å². The third kappa shape index (κ3) is 2.23. The summed E-state index contributed by atoms with van der Waals surface area (Å²) in [6.07, 6.45) is 1.72. The van der Waals surface area contributed by atoms with Crippen molar-refractivity contribution in [3.05, 3.63) is 35.8 Å². The summed E-state index contributed by atoms with van der Waals surface area (Å²) in [7, 11) is 0. The van der Waals surface area contributed by atoms with E-state index in [4.69, 9.17) is 4.74 Å². The lowest BCUT2D eigenvalue weighted by atomic mass is 10.3. The molecule has 2 nitrogen and oxygen atoms in total. The molecule has 1 heterocycles. The van der Waals surface area contributed by atoms with Crippen molar-refractivity contribution in [3.63, 3.8) is 0 Å². The van der Waals surface area contributed by atoms with Crippen molar-refractivity contribution < 1.29 is 4.74 Å². The minimum Gasteiger partial charge on any atom is -0.431 e. The molecule has 0 saturated heterocycles. The molecule has 0 atom stereocenters. The Balaban J connectivity index is 2.15. The van der Waals surface area contributed by atoms with E-state index in [-0.39, 0.29) is 0 Å². The van der Waals surface area contributed by atoms with Crippen LogP contribution in [0.2, 0.25) is 0 Å². The molecule has 1 aromatic heterocycles. The van der Waals surface area contributed by atoms with Gasteiger partial charge in [-0.1, -0.05) is 11.3 Å². The van der Waals surface area contributed by atoms with Gasteiger partial charge in [-0.05, 0) is 24.3 Å². The highest BCUT2D eigenvalue weighted by Gasteiger charge is 1.97. The maximum atomic E-state index is 5.45. The molecule has 0 amide bonds. The van der Waals surface area contributed by atoms with Crippen LogP contribution in [-0.2, 0) is 0 Å². The molecule has 0 aliphatic rings. The minimum atomic E-state index is 0.659. The second-order valence-electron chi connectivity index (χ2n) is 2.39. The second kappa shape index (κ2) is 3.81. The van der Waals surface area contributed by atoms with Crippen LogP contribution < -0.4 is 4.74 Å². The molecular formula is C9H7NOS2. The zero-order valence-electron chi connectivity index (χ0n) is 6.68. The third-order valence-electron chi connectivity index (χ3n) is 1.45. The van der Waals surface area contributed by atoms with E-state index >= 15 is 0 Å². The van der Waals surface area contributed by atoms with Crippen LogP contribution in [0, 0.1) is 0 Å². The second-order valence-corrected chi connectivity index (χ2v) is 3.77. The lowest BCUT2D eigenvalue weighted by Crippen LogP contribution is -1.81. The average Bonchev–Trinajstić information content (AvgIpc) is 2.62. The summed E-state index contributed by atoms with van der Waals surface area (Å²) in [5, 5.41) is 2.54. The maximum Gasteiger partial charge on any atom is 0.278 e. The predicted molar refractivity (Wildman–Crippen MR) is 55.9 cm³/mol. The fourth-order valence-electron chi connectivity index (χ4n) is 0.876. The Bertz CT molecular complexity index is 369. The number of aromatic nitrogens is 1. The maximum absolute atomic E-state index is 5.45. The number of nitrogens with zero attached hydrogens (tertiary/aromatic N) is 1. The number of hydrogen-bond donors (Lipinski definition) is 1. The topological polar surface area (TPSA) is 22.1 Å². The molecule has 0 unspecified atom stereocenters. The molecule has 0 aliphatic heterocycles. The Morgan fingerprint density at radius 3 is 2.62 bits per heavy atom. The Kier molecular flexibility index (Phi) is 2.52. The van der Waals surface area contributed by atoms with Gasteiger partial charge in [0.25, 0.3) is 5.19 Å². The molecule has 0 spiro atoms. The van der Waals surface area contributed by atoms with Gasteiger partial charge < -0.3 is 4.74 Å². The third-order valence-corrected chi connectivity index (χ3v) is 2.40. The van der Waals surface area contributed by atoms with Gasteiger partial charge in [-0.2, -0.15) is 0 Å². The van der Waals surface area contributed by atoms with Crippen LogP contribution in [0.25, 0.3) is 0 Å². The number of benzene rings is 1. The molecule has 4 heteroatoms. The van der Waals surface area contributed by atoms with Crippen molar-refractivity contribution >= 4 is 24.0 Å². The van der Waals surface area contributed by atoms with E-state index in [0.717, 1.165) is 10.6 Å². The van der Waals surface area contributed by atoms with Crippen LogP contribution >= 0.6 is 24.0 Å². The van der Waals surface area contributed by atoms with Crippen molar-refractivity contribution in [2.45, 2.75) is 4.90 Å². The average molecular weight is 209 g/mol. The molecule has 13 heavy (non-hydrogen) atoms. The number of ether oxygens (including phenoxy) is 1.